The molecule has 0 aromatic heterocycles. The quantitative estimate of drug-likeness (QED) is 0.931. The van der Waals surface area contributed by atoms with Crippen LogP contribution in [0, 0.1) is 0 Å². The molecule has 0 aliphatic carbocycles. The monoisotopic (exact) mass is 273 g/mol. The summed E-state index contributed by atoms with van der Waals surface area (Å²) in [6.45, 7) is 0.901. The summed E-state index contributed by atoms with van der Waals surface area (Å²) in [5.41, 5.74) is 1.35. The van der Waals surface area contributed by atoms with Gasteiger partial charge in [-0.05, 0) is 29.2 Å². The van der Waals surface area contributed by atoms with Gasteiger partial charge in [-0.15, -0.1) is 0 Å². The zero-order valence-corrected chi connectivity index (χ0v) is 11.8. The minimum atomic E-state index is -0.571. The van der Waals surface area contributed by atoms with Crippen molar-refractivity contribution in [2.75, 3.05) is 11.5 Å². The van der Waals surface area contributed by atoms with Crippen LogP contribution in [0.3, 0.4) is 0 Å². The van der Waals surface area contributed by atoms with E-state index in [4.69, 9.17) is 0 Å². The fourth-order valence-electron chi connectivity index (χ4n) is 2.70. The number of nitrogens with one attached hydrogen (secondary N) is 1. The lowest BCUT2D eigenvalue weighted by Crippen LogP contribution is -2.35. The van der Waals surface area contributed by atoms with Gasteiger partial charge in [0.15, 0.2) is 0 Å². The first kappa shape index (κ1) is 12.8. The van der Waals surface area contributed by atoms with E-state index in [1.165, 1.54) is 16.3 Å². The van der Waals surface area contributed by atoms with Crippen LogP contribution in [0.4, 0.5) is 0 Å². The lowest BCUT2D eigenvalue weighted by Gasteiger charge is -2.23. The first-order chi connectivity index (χ1) is 9.33. The Kier molecular flexibility index (Phi) is 3.95. The molecule has 0 unspecified atom stereocenters. The number of rotatable bonds is 3. The molecule has 0 radical (unpaired) electrons. The summed E-state index contributed by atoms with van der Waals surface area (Å²) in [5, 5.41) is 6.24. The summed E-state index contributed by atoms with van der Waals surface area (Å²) < 4.78 is 11.3. The van der Waals surface area contributed by atoms with Crippen LogP contribution in [0.2, 0.25) is 0 Å². The lowest BCUT2D eigenvalue weighted by atomic mass is 10.0. The topological polar surface area (TPSA) is 29.1 Å². The Hall–Kier alpha value is -1.19. The van der Waals surface area contributed by atoms with Gasteiger partial charge in [-0.1, -0.05) is 42.5 Å². The first-order valence-corrected chi connectivity index (χ1v) is 8.37. The Morgan fingerprint density at radius 3 is 2.63 bits per heavy atom. The highest BCUT2D eigenvalue weighted by Gasteiger charge is 2.17. The minimum absolute atomic E-state index is 0.525. The van der Waals surface area contributed by atoms with Crippen molar-refractivity contribution in [3.63, 3.8) is 0 Å². The molecule has 1 aliphatic rings. The average molecular weight is 273 g/mol. The zero-order valence-electron chi connectivity index (χ0n) is 11.0. The fourth-order valence-corrected chi connectivity index (χ4v) is 4.00. The van der Waals surface area contributed by atoms with E-state index in [0.29, 0.717) is 6.04 Å². The summed E-state index contributed by atoms with van der Waals surface area (Å²) in [6, 6.07) is 15.5. The lowest BCUT2D eigenvalue weighted by molar-refractivity contribution is 0.476. The Morgan fingerprint density at radius 2 is 1.79 bits per heavy atom. The second-order valence-electron chi connectivity index (χ2n) is 5.14. The van der Waals surface area contributed by atoms with Crippen LogP contribution in [0.1, 0.15) is 18.4 Å². The second-order valence-corrected chi connectivity index (χ2v) is 6.84. The zero-order chi connectivity index (χ0) is 13.1. The summed E-state index contributed by atoms with van der Waals surface area (Å²) in [7, 11) is -0.571. The van der Waals surface area contributed by atoms with Crippen molar-refractivity contribution < 1.29 is 4.21 Å². The molecule has 0 spiro atoms. The van der Waals surface area contributed by atoms with Crippen molar-refractivity contribution in [3.8, 4) is 0 Å². The van der Waals surface area contributed by atoms with E-state index in [0.717, 1.165) is 30.9 Å². The molecular formula is C16H19NOS. The molecule has 0 bridgehead atoms. The molecule has 100 valence electrons. The Bertz CT molecular complexity index is 581. The van der Waals surface area contributed by atoms with Crippen LogP contribution in [0.25, 0.3) is 10.8 Å². The van der Waals surface area contributed by atoms with Gasteiger partial charge in [0.2, 0.25) is 0 Å². The SMILES string of the molecule is O=S1CCC(NCc2cccc3ccccc23)CC1. The van der Waals surface area contributed by atoms with Gasteiger partial charge in [-0.25, -0.2) is 0 Å². The summed E-state index contributed by atoms with van der Waals surface area (Å²) in [4.78, 5) is 0. The highest BCUT2D eigenvalue weighted by Crippen LogP contribution is 2.19. The normalized spacial score (nSPS) is 23.6. The molecule has 3 heteroatoms. The molecule has 2 nitrogen and oxygen atoms in total. The highest BCUT2D eigenvalue weighted by molar-refractivity contribution is 7.85. The minimum Gasteiger partial charge on any atom is -0.310 e. The van der Waals surface area contributed by atoms with Gasteiger partial charge >= 0.3 is 0 Å². The Morgan fingerprint density at radius 1 is 1.05 bits per heavy atom. The van der Waals surface area contributed by atoms with E-state index in [1.807, 2.05) is 0 Å². The summed E-state index contributed by atoms with van der Waals surface area (Å²) in [5.74, 6) is 1.71. The molecule has 0 saturated carbocycles. The molecule has 2 aromatic carbocycles. The Labute approximate surface area is 116 Å². The van der Waals surface area contributed by atoms with Gasteiger partial charge in [0, 0.05) is 34.9 Å². The summed E-state index contributed by atoms with van der Waals surface area (Å²) in [6.07, 6.45) is 2.08. The third-order valence-corrected chi connectivity index (χ3v) is 5.23. The highest BCUT2D eigenvalue weighted by atomic mass is 32.2. The van der Waals surface area contributed by atoms with Crippen molar-refractivity contribution in [1.29, 1.82) is 0 Å². The van der Waals surface area contributed by atoms with E-state index in [2.05, 4.69) is 47.8 Å². The van der Waals surface area contributed by atoms with Crippen LogP contribution in [0.15, 0.2) is 42.5 Å². The number of hydrogen-bond acceptors (Lipinski definition) is 2. The van der Waals surface area contributed by atoms with E-state index in [1.54, 1.807) is 0 Å². The van der Waals surface area contributed by atoms with E-state index >= 15 is 0 Å². The van der Waals surface area contributed by atoms with Crippen molar-refractivity contribution in [2.24, 2.45) is 0 Å². The van der Waals surface area contributed by atoms with Gasteiger partial charge in [-0.3, -0.25) is 4.21 Å². The van der Waals surface area contributed by atoms with Gasteiger partial charge in [0.05, 0.1) is 0 Å². The summed E-state index contributed by atoms with van der Waals surface area (Å²) >= 11 is 0. The molecule has 1 fully saturated rings. The maximum Gasteiger partial charge on any atom is 0.0249 e. The fraction of sp³-hybridized carbons (Fsp3) is 0.375. The maximum atomic E-state index is 11.3. The van der Waals surface area contributed by atoms with Crippen molar-refractivity contribution in [3.05, 3.63) is 48.0 Å². The smallest absolute Gasteiger partial charge is 0.0249 e. The Balaban J connectivity index is 1.70. The van der Waals surface area contributed by atoms with E-state index in [-0.39, 0.29) is 0 Å². The number of hydrogen-bond donors (Lipinski definition) is 1. The van der Waals surface area contributed by atoms with Crippen molar-refractivity contribution in [1.82, 2.24) is 5.32 Å². The number of fused-ring (bicyclic) bond motifs is 1. The van der Waals surface area contributed by atoms with Crippen molar-refractivity contribution in [2.45, 2.75) is 25.4 Å². The van der Waals surface area contributed by atoms with Crippen LogP contribution >= 0.6 is 0 Å². The third-order valence-electron chi connectivity index (χ3n) is 3.85. The van der Waals surface area contributed by atoms with Gasteiger partial charge in [-0.2, -0.15) is 0 Å². The first-order valence-electron chi connectivity index (χ1n) is 6.88. The van der Waals surface area contributed by atoms with Gasteiger partial charge in [0.25, 0.3) is 0 Å². The van der Waals surface area contributed by atoms with Gasteiger partial charge in [0.1, 0.15) is 0 Å². The number of benzene rings is 2. The molecule has 0 amide bonds. The van der Waals surface area contributed by atoms with Crippen LogP contribution in [-0.4, -0.2) is 21.8 Å². The molecule has 1 heterocycles. The predicted octanol–water partition coefficient (Wildman–Crippen LogP) is 2.84. The van der Waals surface area contributed by atoms with E-state index in [9.17, 15) is 4.21 Å². The molecule has 1 N–H and O–H groups in total. The average Bonchev–Trinajstić information content (AvgIpc) is 2.47. The van der Waals surface area contributed by atoms with Crippen LogP contribution < -0.4 is 5.32 Å². The maximum absolute atomic E-state index is 11.3. The van der Waals surface area contributed by atoms with Crippen molar-refractivity contribution >= 4 is 21.6 Å². The van der Waals surface area contributed by atoms with E-state index < -0.39 is 10.8 Å². The van der Waals surface area contributed by atoms with Gasteiger partial charge < -0.3 is 5.32 Å². The third kappa shape index (κ3) is 3.04. The van der Waals surface area contributed by atoms with Crippen LogP contribution in [0.5, 0.6) is 0 Å². The molecule has 1 saturated heterocycles. The standard InChI is InChI=1S/C16H19NOS/c18-19-10-8-15(9-11-19)17-12-14-6-3-5-13-4-1-2-7-16(13)14/h1-7,15,17H,8-12H2. The molecule has 3 rings (SSSR count). The molecule has 0 atom stereocenters. The predicted molar refractivity (Wildman–Crippen MR) is 81.7 cm³/mol. The molecule has 2 aromatic rings. The molecular weight excluding hydrogens is 254 g/mol. The second kappa shape index (κ2) is 5.85. The van der Waals surface area contributed by atoms with Crippen LogP contribution in [-0.2, 0) is 17.3 Å². The molecule has 19 heavy (non-hydrogen) atoms. The molecule has 1 aliphatic heterocycles. The largest absolute Gasteiger partial charge is 0.310 e.